The summed E-state index contributed by atoms with van der Waals surface area (Å²) in [5.74, 6) is 0.930. The van der Waals surface area contributed by atoms with Gasteiger partial charge in [0, 0.05) is 12.7 Å². The van der Waals surface area contributed by atoms with Gasteiger partial charge < -0.3 is 5.73 Å². The number of rotatable bonds is 2. The van der Waals surface area contributed by atoms with E-state index >= 15 is 0 Å². The molecule has 0 bridgehead atoms. The molecule has 1 aliphatic rings. The van der Waals surface area contributed by atoms with Gasteiger partial charge in [-0.1, -0.05) is 0 Å². The lowest BCUT2D eigenvalue weighted by atomic mass is 10.2. The Labute approximate surface area is 100 Å². The van der Waals surface area contributed by atoms with E-state index in [1.54, 1.807) is 0 Å². The van der Waals surface area contributed by atoms with Crippen LogP contribution in [0.2, 0.25) is 0 Å². The van der Waals surface area contributed by atoms with Crippen LogP contribution in [-0.4, -0.2) is 33.1 Å². The highest BCUT2D eigenvalue weighted by Crippen LogP contribution is 2.28. The molecule has 0 aliphatic carbocycles. The van der Waals surface area contributed by atoms with E-state index in [9.17, 15) is 0 Å². The zero-order valence-corrected chi connectivity index (χ0v) is 10.0. The van der Waals surface area contributed by atoms with Gasteiger partial charge in [0.15, 0.2) is 11.5 Å². The highest BCUT2D eigenvalue weighted by Gasteiger charge is 2.26. The van der Waals surface area contributed by atoms with E-state index in [-0.39, 0.29) is 0 Å². The second-order valence-electron chi connectivity index (χ2n) is 4.65. The first-order valence-electron chi connectivity index (χ1n) is 6.03. The third-order valence-corrected chi connectivity index (χ3v) is 3.47. The SMILES string of the molecule is CN1CCCC1c1nc2cc(CN)ccn2n1. The highest BCUT2D eigenvalue weighted by atomic mass is 15.3. The summed E-state index contributed by atoms with van der Waals surface area (Å²) < 4.78 is 1.83. The molecule has 0 spiro atoms. The molecular weight excluding hydrogens is 214 g/mol. The molecule has 3 heterocycles. The van der Waals surface area contributed by atoms with Crippen LogP contribution in [0.5, 0.6) is 0 Å². The molecule has 1 fully saturated rings. The number of fused-ring (bicyclic) bond motifs is 1. The Hall–Kier alpha value is -1.46. The summed E-state index contributed by atoms with van der Waals surface area (Å²) in [5.41, 5.74) is 7.61. The van der Waals surface area contributed by atoms with Crippen LogP contribution >= 0.6 is 0 Å². The number of aromatic nitrogens is 3. The fourth-order valence-corrected chi connectivity index (χ4v) is 2.45. The molecule has 3 rings (SSSR count). The van der Waals surface area contributed by atoms with Gasteiger partial charge in [0.1, 0.15) is 0 Å². The van der Waals surface area contributed by atoms with Gasteiger partial charge in [-0.15, -0.1) is 5.10 Å². The average molecular weight is 231 g/mol. The second kappa shape index (κ2) is 4.09. The molecule has 90 valence electrons. The number of hydrogen-bond acceptors (Lipinski definition) is 4. The minimum Gasteiger partial charge on any atom is -0.326 e. The zero-order chi connectivity index (χ0) is 11.8. The van der Waals surface area contributed by atoms with Crippen LogP contribution in [0.1, 0.15) is 30.3 Å². The van der Waals surface area contributed by atoms with Crippen LogP contribution in [0.4, 0.5) is 0 Å². The summed E-state index contributed by atoms with van der Waals surface area (Å²) in [6, 6.07) is 4.37. The monoisotopic (exact) mass is 231 g/mol. The van der Waals surface area contributed by atoms with Crippen molar-refractivity contribution in [2.45, 2.75) is 25.4 Å². The van der Waals surface area contributed by atoms with Crippen molar-refractivity contribution in [1.82, 2.24) is 19.5 Å². The van der Waals surface area contributed by atoms with E-state index in [2.05, 4.69) is 22.0 Å². The molecule has 5 nitrogen and oxygen atoms in total. The van der Waals surface area contributed by atoms with E-state index in [0.29, 0.717) is 12.6 Å². The van der Waals surface area contributed by atoms with Gasteiger partial charge in [-0.05, 0) is 44.1 Å². The van der Waals surface area contributed by atoms with E-state index in [4.69, 9.17) is 5.73 Å². The van der Waals surface area contributed by atoms with Gasteiger partial charge in [0.05, 0.1) is 6.04 Å². The Kier molecular flexibility index (Phi) is 2.57. The van der Waals surface area contributed by atoms with Crippen LogP contribution in [0.25, 0.3) is 5.65 Å². The molecular formula is C12H17N5. The lowest BCUT2D eigenvalue weighted by Gasteiger charge is -2.15. The van der Waals surface area contributed by atoms with E-state index in [1.165, 1.54) is 6.42 Å². The predicted molar refractivity (Wildman–Crippen MR) is 65.5 cm³/mol. The van der Waals surface area contributed by atoms with Crippen molar-refractivity contribution in [2.24, 2.45) is 5.73 Å². The first-order valence-corrected chi connectivity index (χ1v) is 6.03. The zero-order valence-electron chi connectivity index (χ0n) is 10.0. The van der Waals surface area contributed by atoms with Crippen molar-refractivity contribution < 1.29 is 0 Å². The standard InChI is InChI=1S/C12H17N5/c1-16-5-2-3-10(16)12-14-11-7-9(8-13)4-6-17(11)15-12/h4,6-7,10H,2-3,5,8,13H2,1H3. The quantitative estimate of drug-likeness (QED) is 0.836. The van der Waals surface area contributed by atoms with Crippen molar-refractivity contribution in [1.29, 1.82) is 0 Å². The first-order chi connectivity index (χ1) is 8.28. The lowest BCUT2D eigenvalue weighted by molar-refractivity contribution is 0.306. The minimum atomic E-state index is 0.372. The summed E-state index contributed by atoms with van der Waals surface area (Å²) in [5, 5.41) is 4.54. The minimum absolute atomic E-state index is 0.372. The summed E-state index contributed by atoms with van der Waals surface area (Å²) in [6.45, 7) is 1.68. The van der Waals surface area contributed by atoms with E-state index in [0.717, 1.165) is 30.0 Å². The maximum Gasteiger partial charge on any atom is 0.168 e. The Morgan fingerprint density at radius 2 is 2.41 bits per heavy atom. The number of pyridine rings is 1. The smallest absolute Gasteiger partial charge is 0.168 e. The summed E-state index contributed by atoms with van der Waals surface area (Å²) in [4.78, 5) is 6.93. The van der Waals surface area contributed by atoms with Gasteiger partial charge in [-0.2, -0.15) is 0 Å². The fraction of sp³-hybridized carbons (Fsp3) is 0.500. The maximum absolute atomic E-state index is 5.63. The maximum atomic E-state index is 5.63. The van der Waals surface area contributed by atoms with Crippen LogP contribution in [-0.2, 0) is 6.54 Å². The molecule has 2 aromatic rings. The van der Waals surface area contributed by atoms with Gasteiger partial charge in [-0.3, -0.25) is 4.90 Å². The molecule has 1 aliphatic heterocycles. The first kappa shape index (κ1) is 10.7. The number of likely N-dealkylation sites (tertiary alicyclic amines) is 1. The van der Waals surface area contributed by atoms with Gasteiger partial charge in [0.2, 0.25) is 0 Å². The summed E-state index contributed by atoms with van der Waals surface area (Å²) in [6.07, 6.45) is 4.31. The highest BCUT2D eigenvalue weighted by molar-refractivity contribution is 5.40. The molecule has 0 saturated carbocycles. The Bertz CT molecular complexity index is 533. The summed E-state index contributed by atoms with van der Waals surface area (Å²) >= 11 is 0. The fourth-order valence-electron chi connectivity index (χ4n) is 2.45. The van der Waals surface area contributed by atoms with Crippen molar-refractivity contribution >= 4 is 5.65 Å². The third kappa shape index (κ3) is 1.81. The van der Waals surface area contributed by atoms with Crippen LogP contribution in [0, 0.1) is 0 Å². The molecule has 1 atom stereocenters. The molecule has 5 heteroatoms. The Balaban J connectivity index is 2.01. The van der Waals surface area contributed by atoms with E-state index in [1.807, 2.05) is 22.8 Å². The number of nitrogens with zero attached hydrogens (tertiary/aromatic N) is 4. The Morgan fingerprint density at radius 3 is 3.12 bits per heavy atom. The van der Waals surface area contributed by atoms with Crippen molar-refractivity contribution in [3.8, 4) is 0 Å². The van der Waals surface area contributed by atoms with Crippen molar-refractivity contribution in [2.75, 3.05) is 13.6 Å². The Morgan fingerprint density at radius 1 is 1.53 bits per heavy atom. The molecule has 2 N–H and O–H groups in total. The number of nitrogens with two attached hydrogens (primary N) is 1. The number of hydrogen-bond donors (Lipinski definition) is 1. The van der Waals surface area contributed by atoms with Crippen molar-refractivity contribution in [3.05, 3.63) is 29.7 Å². The van der Waals surface area contributed by atoms with Crippen LogP contribution in [0.3, 0.4) is 0 Å². The van der Waals surface area contributed by atoms with Crippen LogP contribution in [0.15, 0.2) is 18.3 Å². The second-order valence-corrected chi connectivity index (χ2v) is 4.65. The molecule has 0 radical (unpaired) electrons. The van der Waals surface area contributed by atoms with Crippen LogP contribution < -0.4 is 5.73 Å². The normalized spacial score (nSPS) is 21.4. The predicted octanol–water partition coefficient (Wildman–Crippen LogP) is 0.955. The average Bonchev–Trinajstić information content (AvgIpc) is 2.93. The molecule has 2 aromatic heterocycles. The molecule has 17 heavy (non-hydrogen) atoms. The molecule has 1 unspecified atom stereocenters. The van der Waals surface area contributed by atoms with E-state index < -0.39 is 0 Å². The largest absolute Gasteiger partial charge is 0.326 e. The third-order valence-electron chi connectivity index (χ3n) is 3.47. The molecule has 1 saturated heterocycles. The lowest BCUT2D eigenvalue weighted by Crippen LogP contribution is -2.18. The van der Waals surface area contributed by atoms with Gasteiger partial charge >= 0.3 is 0 Å². The van der Waals surface area contributed by atoms with Gasteiger partial charge in [-0.25, -0.2) is 9.50 Å². The topological polar surface area (TPSA) is 59.5 Å². The summed E-state index contributed by atoms with van der Waals surface area (Å²) in [7, 11) is 2.13. The van der Waals surface area contributed by atoms with Gasteiger partial charge in [0.25, 0.3) is 0 Å². The molecule has 0 aromatic carbocycles. The van der Waals surface area contributed by atoms with Crippen molar-refractivity contribution in [3.63, 3.8) is 0 Å². The molecule has 0 amide bonds.